The second kappa shape index (κ2) is 8.90. The quantitative estimate of drug-likeness (QED) is 0.286. The molecule has 0 atom stereocenters. The maximum absolute atomic E-state index is 8.95. The molecule has 0 unspecified atom stereocenters. The van der Waals surface area contributed by atoms with E-state index in [0.717, 1.165) is 16.5 Å². The lowest BCUT2D eigenvalue weighted by Crippen LogP contribution is -2.35. The van der Waals surface area contributed by atoms with Crippen LogP contribution >= 0.6 is 0 Å². The summed E-state index contributed by atoms with van der Waals surface area (Å²) >= 11 is 0. The Morgan fingerprint density at radius 1 is 0.781 bits per heavy atom. The van der Waals surface area contributed by atoms with Crippen molar-refractivity contribution in [3.8, 4) is 22.4 Å². The Morgan fingerprint density at radius 3 is 2.12 bits per heavy atom. The Hall–Kier alpha value is -2.93. The predicted octanol–water partition coefficient (Wildman–Crippen LogP) is 8.01. The number of aromatic nitrogens is 1. The summed E-state index contributed by atoms with van der Waals surface area (Å²) in [6.45, 7) is 13.5. The smallest absolute Gasteiger partial charge is 0.198 e. The minimum absolute atomic E-state index is 0.481. The summed E-state index contributed by atoms with van der Waals surface area (Å²) in [6, 6.07) is 24.7. The van der Waals surface area contributed by atoms with Crippen LogP contribution in [0.5, 0.6) is 0 Å². The molecule has 0 amide bonds. The highest BCUT2D eigenvalue weighted by atomic mass is 14.9. The summed E-state index contributed by atoms with van der Waals surface area (Å²) < 4.78 is 11.1. The van der Waals surface area contributed by atoms with Crippen molar-refractivity contribution in [2.24, 2.45) is 18.9 Å². The van der Waals surface area contributed by atoms with Crippen molar-refractivity contribution >= 4 is 10.8 Å². The monoisotopic (exact) mass is 423 g/mol. The van der Waals surface area contributed by atoms with Gasteiger partial charge in [-0.3, -0.25) is 0 Å². The van der Waals surface area contributed by atoms with E-state index in [-0.39, 0.29) is 0 Å². The number of hydrogen-bond acceptors (Lipinski definition) is 0. The Labute approximate surface area is 195 Å². The first-order valence-electron chi connectivity index (χ1n) is 12.3. The van der Waals surface area contributed by atoms with Crippen LogP contribution in [-0.2, 0) is 7.05 Å². The number of pyridine rings is 1. The average molecular weight is 424 g/mol. The molecule has 0 saturated heterocycles. The molecule has 0 fully saturated rings. The second-order valence-corrected chi connectivity index (χ2v) is 9.83. The Bertz CT molecular complexity index is 1290. The van der Waals surface area contributed by atoms with Gasteiger partial charge in [0.2, 0.25) is 5.69 Å². The lowest BCUT2D eigenvalue weighted by atomic mass is 9.79. The third-order valence-corrected chi connectivity index (χ3v) is 6.87. The summed E-state index contributed by atoms with van der Waals surface area (Å²) in [6.07, 6.45) is 0. The summed E-state index contributed by atoms with van der Waals surface area (Å²) in [5.41, 5.74) is 8.43. The molecule has 1 aromatic heterocycles. The number of aryl methyl sites for hydroxylation is 1. The van der Waals surface area contributed by atoms with Crippen LogP contribution in [0.3, 0.4) is 0 Å². The van der Waals surface area contributed by atoms with Gasteiger partial charge in [-0.05, 0) is 64.5 Å². The molecule has 0 saturated carbocycles. The van der Waals surface area contributed by atoms with E-state index in [1.54, 1.807) is 0 Å². The van der Waals surface area contributed by atoms with Crippen LogP contribution in [0.1, 0.15) is 51.8 Å². The topological polar surface area (TPSA) is 3.88 Å². The first-order chi connectivity index (χ1) is 15.7. The van der Waals surface area contributed by atoms with Gasteiger partial charge in [0.25, 0.3) is 0 Å². The van der Waals surface area contributed by atoms with Crippen molar-refractivity contribution in [2.45, 2.75) is 47.5 Å². The molecule has 3 aromatic carbocycles. The largest absolute Gasteiger partial charge is 0.220 e. The lowest BCUT2D eigenvalue weighted by molar-refractivity contribution is -0.665. The number of benzene rings is 3. The average Bonchev–Trinajstić information content (AvgIpc) is 2.79. The van der Waals surface area contributed by atoms with E-state index in [2.05, 4.69) is 120 Å². The highest BCUT2D eigenvalue weighted by molar-refractivity contribution is 5.95. The van der Waals surface area contributed by atoms with E-state index in [1.165, 1.54) is 33.5 Å². The van der Waals surface area contributed by atoms with Crippen LogP contribution in [0.2, 0.25) is 0 Å². The fourth-order valence-corrected chi connectivity index (χ4v) is 5.26. The van der Waals surface area contributed by atoms with Gasteiger partial charge in [-0.2, -0.15) is 4.57 Å². The summed E-state index contributed by atoms with van der Waals surface area (Å²) in [7, 11) is 2.09. The molecule has 0 aliphatic rings. The first kappa shape index (κ1) is 20.9. The Kier molecular flexibility index (Phi) is 5.83. The van der Waals surface area contributed by atoms with E-state index in [1.807, 2.05) is 0 Å². The molecule has 32 heavy (non-hydrogen) atoms. The molecule has 4 aromatic rings. The van der Waals surface area contributed by atoms with E-state index in [9.17, 15) is 0 Å². The molecule has 0 N–H and O–H groups in total. The van der Waals surface area contributed by atoms with Gasteiger partial charge in [-0.15, -0.1) is 0 Å². The molecular weight excluding hydrogens is 386 g/mol. The molecular formula is C31H36N+. The molecule has 0 aliphatic carbocycles. The maximum Gasteiger partial charge on any atom is 0.220 e. The highest BCUT2D eigenvalue weighted by Crippen LogP contribution is 2.36. The SMILES string of the molecule is [2H]c1c(C)[n+](C)c(-c2cc(-c3ccccc3)ccc2C)c2ccc(C(C(C)C)C(C)C)cc12. The van der Waals surface area contributed by atoms with E-state index in [4.69, 9.17) is 1.37 Å². The fourth-order valence-electron chi connectivity index (χ4n) is 5.26. The van der Waals surface area contributed by atoms with Crippen LogP contribution in [0.4, 0.5) is 0 Å². The number of rotatable bonds is 5. The molecule has 164 valence electrons. The van der Waals surface area contributed by atoms with E-state index < -0.39 is 0 Å². The third kappa shape index (κ3) is 4.09. The molecule has 1 heterocycles. The molecule has 0 aliphatic heterocycles. The van der Waals surface area contributed by atoms with Crippen LogP contribution < -0.4 is 4.57 Å². The van der Waals surface area contributed by atoms with Crippen molar-refractivity contribution in [3.63, 3.8) is 0 Å². The first-order valence-corrected chi connectivity index (χ1v) is 11.8. The normalized spacial score (nSPS) is 12.2. The predicted molar refractivity (Wildman–Crippen MR) is 138 cm³/mol. The molecule has 0 spiro atoms. The number of fused-ring (bicyclic) bond motifs is 1. The van der Waals surface area contributed by atoms with Gasteiger partial charge in [-0.25, -0.2) is 0 Å². The van der Waals surface area contributed by atoms with Crippen LogP contribution in [0, 0.1) is 25.7 Å². The Balaban J connectivity index is 1.99. The van der Waals surface area contributed by atoms with Gasteiger partial charge < -0.3 is 0 Å². The second-order valence-electron chi connectivity index (χ2n) is 9.83. The summed E-state index contributed by atoms with van der Waals surface area (Å²) in [5, 5.41) is 2.20. The molecule has 1 heteroatoms. The van der Waals surface area contributed by atoms with Gasteiger partial charge in [-0.1, -0.05) is 82.3 Å². The standard InChI is InChI=1S/C31H36N/c1-20(2)30(21(3)4)26-15-16-28-27(18-26)17-23(6)32(7)31(28)29-19-25(14-13-22(29)5)24-11-9-8-10-12-24/h8-21,30H,1-7H3/q+1/i17D. The lowest BCUT2D eigenvalue weighted by Gasteiger charge is -2.25. The van der Waals surface area contributed by atoms with Crippen molar-refractivity contribution < 1.29 is 5.94 Å². The van der Waals surface area contributed by atoms with Gasteiger partial charge in [0.1, 0.15) is 7.05 Å². The zero-order valence-corrected chi connectivity index (χ0v) is 20.5. The third-order valence-electron chi connectivity index (χ3n) is 6.87. The molecule has 1 nitrogen and oxygen atoms in total. The zero-order chi connectivity index (χ0) is 23.9. The van der Waals surface area contributed by atoms with Crippen molar-refractivity contribution in [1.82, 2.24) is 0 Å². The summed E-state index contributed by atoms with van der Waals surface area (Å²) in [4.78, 5) is 0. The van der Waals surface area contributed by atoms with Crippen molar-refractivity contribution in [2.75, 3.05) is 0 Å². The van der Waals surface area contributed by atoms with E-state index >= 15 is 0 Å². The minimum Gasteiger partial charge on any atom is -0.198 e. The number of nitrogens with zero attached hydrogens (tertiary/aromatic N) is 1. The van der Waals surface area contributed by atoms with Crippen LogP contribution in [-0.4, -0.2) is 0 Å². The van der Waals surface area contributed by atoms with Crippen LogP contribution in [0.25, 0.3) is 33.2 Å². The van der Waals surface area contributed by atoms with Gasteiger partial charge in [0.15, 0.2) is 5.69 Å². The van der Waals surface area contributed by atoms with Gasteiger partial charge in [0, 0.05) is 13.0 Å². The van der Waals surface area contributed by atoms with E-state index in [0.29, 0.717) is 23.8 Å². The van der Waals surface area contributed by atoms with Crippen LogP contribution in [0.15, 0.2) is 72.8 Å². The number of hydrogen-bond donors (Lipinski definition) is 0. The molecule has 0 radical (unpaired) electrons. The highest BCUT2D eigenvalue weighted by Gasteiger charge is 2.23. The molecule has 0 bridgehead atoms. The van der Waals surface area contributed by atoms with Crippen molar-refractivity contribution in [1.29, 1.82) is 0 Å². The molecule has 4 rings (SSSR count). The van der Waals surface area contributed by atoms with Gasteiger partial charge in [0.05, 0.1) is 12.3 Å². The van der Waals surface area contributed by atoms with Gasteiger partial charge >= 0.3 is 0 Å². The summed E-state index contributed by atoms with van der Waals surface area (Å²) in [5.74, 6) is 1.60. The zero-order valence-electron chi connectivity index (χ0n) is 21.5. The Morgan fingerprint density at radius 2 is 1.47 bits per heavy atom. The fraction of sp³-hybridized carbons (Fsp3) is 0.323. The van der Waals surface area contributed by atoms with Crippen molar-refractivity contribution in [3.05, 3.63) is 89.6 Å². The minimum atomic E-state index is 0.481. The maximum atomic E-state index is 8.95.